The fourth-order valence-corrected chi connectivity index (χ4v) is 5.00. The fraction of sp³-hybridized carbons (Fsp3) is 0.571. The Kier molecular flexibility index (Phi) is 4.44. The minimum atomic E-state index is -1.05. The molecule has 1 heterocycles. The predicted octanol–water partition coefficient (Wildman–Crippen LogP) is 3.12. The number of fused-ring (bicyclic) bond motifs is 3. The molecule has 1 aliphatic heterocycles. The summed E-state index contributed by atoms with van der Waals surface area (Å²) in [5.41, 5.74) is 0.155. The highest BCUT2D eigenvalue weighted by Gasteiger charge is 2.44. The average molecular weight is 370 g/mol. The third-order valence-corrected chi connectivity index (χ3v) is 6.43. The second-order valence-electron chi connectivity index (χ2n) is 8.56. The number of nitrogens with one attached hydrogen (secondary N) is 1. The topological polar surface area (TPSA) is 75.7 Å². The third-order valence-electron chi connectivity index (χ3n) is 6.43. The molecule has 0 unspecified atom stereocenters. The largest absolute Gasteiger partial charge is 0.456 e. The molecule has 2 fully saturated rings. The van der Waals surface area contributed by atoms with Crippen LogP contribution in [-0.2, 0) is 19.1 Å². The molecule has 1 aromatic carbocycles. The molecule has 1 N–H and O–H groups in total. The zero-order chi connectivity index (χ0) is 19.2. The summed E-state index contributed by atoms with van der Waals surface area (Å²) in [4.78, 5) is 39.0. The van der Waals surface area contributed by atoms with Crippen molar-refractivity contribution in [1.82, 2.24) is 0 Å². The lowest BCUT2D eigenvalue weighted by atomic mass is 9.86. The lowest BCUT2D eigenvalue weighted by Gasteiger charge is -2.41. The maximum Gasteiger partial charge on any atom is 0.306 e. The lowest BCUT2D eigenvalue weighted by molar-refractivity contribution is -0.149. The summed E-state index contributed by atoms with van der Waals surface area (Å²) in [7, 11) is 0. The van der Waals surface area contributed by atoms with Gasteiger partial charge in [-0.1, -0.05) is 18.6 Å². The molecule has 6 heteroatoms. The van der Waals surface area contributed by atoms with Crippen LogP contribution >= 0.6 is 0 Å². The van der Waals surface area contributed by atoms with E-state index in [0.717, 1.165) is 12.3 Å². The van der Waals surface area contributed by atoms with E-state index in [1.165, 1.54) is 24.2 Å². The van der Waals surface area contributed by atoms with Gasteiger partial charge in [0, 0.05) is 6.42 Å². The van der Waals surface area contributed by atoms with Gasteiger partial charge in [-0.15, -0.1) is 0 Å². The molecule has 0 saturated heterocycles. The number of anilines is 2. The van der Waals surface area contributed by atoms with Gasteiger partial charge in [0.2, 0.25) is 5.91 Å². The quantitative estimate of drug-likeness (QED) is 0.826. The zero-order valence-electron chi connectivity index (χ0n) is 15.9. The Hall–Kier alpha value is -2.37. The SMILES string of the molecule is CC1(C)C(=O)Nc2ccccc2N1C(=O)COC(=O)C[C@@H]1C[C@@H]2CC[C@@H]1C2. The number of rotatable bonds is 4. The average Bonchev–Trinajstić information content (AvgIpc) is 3.23. The zero-order valence-corrected chi connectivity index (χ0v) is 15.9. The molecule has 3 atom stereocenters. The normalized spacial score (nSPS) is 27.9. The number of carbonyl (C=O) groups excluding carboxylic acids is 3. The van der Waals surface area contributed by atoms with Gasteiger partial charge in [0.1, 0.15) is 5.54 Å². The van der Waals surface area contributed by atoms with Crippen LogP contribution in [0.15, 0.2) is 24.3 Å². The van der Waals surface area contributed by atoms with Crippen LogP contribution in [0, 0.1) is 17.8 Å². The van der Waals surface area contributed by atoms with Crippen LogP contribution in [0.2, 0.25) is 0 Å². The summed E-state index contributed by atoms with van der Waals surface area (Å²) in [5.74, 6) is 0.873. The Morgan fingerprint density at radius 1 is 1.22 bits per heavy atom. The van der Waals surface area contributed by atoms with Crippen LogP contribution in [0.4, 0.5) is 11.4 Å². The standard InChI is InChI=1S/C21H26N2O4/c1-21(2)20(26)22-16-5-3-4-6-17(16)23(21)18(24)12-27-19(25)11-15-10-13-7-8-14(15)9-13/h3-6,13-15H,7-12H2,1-2H3,(H,22,26)/t13-,14-,15+/m1/s1. The Labute approximate surface area is 159 Å². The van der Waals surface area contributed by atoms with Gasteiger partial charge in [0.25, 0.3) is 5.91 Å². The van der Waals surface area contributed by atoms with Gasteiger partial charge < -0.3 is 10.1 Å². The second-order valence-corrected chi connectivity index (χ2v) is 8.56. The molecular weight excluding hydrogens is 344 g/mol. The molecule has 0 spiro atoms. The Bertz CT molecular complexity index is 788. The number of ether oxygens (including phenoxy) is 1. The van der Waals surface area contributed by atoms with Crippen molar-refractivity contribution in [3.8, 4) is 0 Å². The fourth-order valence-electron chi connectivity index (χ4n) is 5.00. The van der Waals surface area contributed by atoms with E-state index in [-0.39, 0.29) is 24.4 Å². The molecule has 0 aromatic heterocycles. The van der Waals surface area contributed by atoms with Crippen LogP contribution in [0.1, 0.15) is 46.0 Å². The first-order valence-corrected chi connectivity index (χ1v) is 9.75. The summed E-state index contributed by atoms with van der Waals surface area (Å²) >= 11 is 0. The maximum absolute atomic E-state index is 12.9. The predicted molar refractivity (Wildman–Crippen MR) is 101 cm³/mol. The van der Waals surface area contributed by atoms with Crippen molar-refractivity contribution in [2.45, 2.75) is 51.5 Å². The van der Waals surface area contributed by atoms with Gasteiger partial charge in [0.15, 0.2) is 6.61 Å². The first kappa shape index (κ1) is 18.0. The number of benzene rings is 1. The Morgan fingerprint density at radius 2 is 2.00 bits per heavy atom. The number of carbonyl (C=O) groups is 3. The van der Waals surface area contributed by atoms with Gasteiger partial charge >= 0.3 is 5.97 Å². The number of nitrogens with zero attached hydrogens (tertiary/aromatic N) is 1. The van der Waals surface area contributed by atoms with Crippen LogP contribution in [0.25, 0.3) is 0 Å². The minimum absolute atomic E-state index is 0.261. The summed E-state index contributed by atoms with van der Waals surface area (Å²) in [6.45, 7) is 3.03. The molecule has 27 heavy (non-hydrogen) atoms. The summed E-state index contributed by atoms with van der Waals surface area (Å²) in [5, 5.41) is 2.82. The molecule has 2 amide bonds. The molecule has 2 saturated carbocycles. The second kappa shape index (κ2) is 6.66. The van der Waals surface area contributed by atoms with E-state index in [9.17, 15) is 14.4 Å². The van der Waals surface area contributed by atoms with E-state index in [0.29, 0.717) is 29.6 Å². The lowest BCUT2D eigenvalue weighted by Crippen LogP contribution is -2.59. The van der Waals surface area contributed by atoms with Crippen molar-refractivity contribution < 1.29 is 19.1 Å². The van der Waals surface area contributed by atoms with Gasteiger partial charge in [-0.25, -0.2) is 0 Å². The third kappa shape index (κ3) is 3.22. The van der Waals surface area contributed by atoms with Crippen LogP contribution in [0.5, 0.6) is 0 Å². The molecule has 144 valence electrons. The van der Waals surface area contributed by atoms with E-state index in [2.05, 4.69) is 5.32 Å². The van der Waals surface area contributed by atoms with Crippen LogP contribution in [-0.4, -0.2) is 29.9 Å². The smallest absolute Gasteiger partial charge is 0.306 e. The number of para-hydroxylation sites is 2. The van der Waals surface area contributed by atoms with E-state index in [1.54, 1.807) is 32.0 Å². The van der Waals surface area contributed by atoms with Gasteiger partial charge in [-0.2, -0.15) is 0 Å². The molecular formula is C21H26N2O4. The molecule has 4 rings (SSSR count). The summed E-state index contributed by atoms with van der Waals surface area (Å²) in [6.07, 6.45) is 5.26. The number of hydrogen-bond acceptors (Lipinski definition) is 4. The van der Waals surface area contributed by atoms with Crippen molar-refractivity contribution in [1.29, 1.82) is 0 Å². The number of hydrogen-bond donors (Lipinski definition) is 1. The van der Waals surface area contributed by atoms with Crippen molar-refractivity contribution in [3.63, 3.8) is 0 Å². The van der Waals surface area contributed by atoms with Crippen LogP contribution in [0.3, 0.4) is 0 Å². The highest BCUT2D eigenvalue weighted by molar-refractivity contribution is 6.14. The van der Waals surface area contributed by atoms with E-state index >= 15 is 0 Å². The van der Waals surface area contributed by atoms with Gasteiger partial charge in [-0.3, -0.25) is 19.3 Å². The van der Waals surface area contributed by atoms with Crippen molar-refractivity contribution in [2.75, 3.05) is 16.8 Å². The molecule has 3 aliphatic rings. The molecule has 6 nitrogen and oxygen atoms in total. The number of amides is 2. The van der Waals surface area contributed by atoms with Crippen molar-refractivity contribution >= 4 is 29.2 Å². The van der Waals surface area contributed by atoms with E-state index in [1.807, 2.05) is 6.07 Å². The molecule has 2 aliphatic carbocycles. The van der Waals surface area contributed by atoms with Gasteiger partial charge in [-0.05, 0) is 63.0 Å². The monoisotopic (exact) mass is 370 g/mol. The summed E-state index contributed by atoms with van der Waals surface area (Å²) in [6, 6.07) is 7.15. The van der Waals surface area contributed by atoms with Crippen molar-refractivity contribution in [2.24, 2.45) is 17.8 Å². The maximum atomic E-state index is 12.9. The van der Waals surface area contributed by atoms with E-state index < -0.39 is 5.54 Å². The van der Waals surface area contributed by atoms with E-state index in [4.69, 9.17) is 4.74 Å². The van der Waals surface area contributed by atoms with Crippen LogP contribution < -0.4 is 10.2 Å². The van der Waals surface area contributed by atoms with Crippen molar-refractivity contribution in [3.05, 3.63) is 24.3 Å². The summed E-state index contributed by atoms with van der Waals surface area (Å²) < 4.78 is 5.31. The molecule has 1 aromatic rings. The molecule has 0 radical (unpaired) electrons. The first-order valence-electron chi connectivity index (χ1n) is 9.75. The minimum Gasteiger partial charge on any atom is -0.456 e. The highest BCUT2D eigenvalue weighted by atomic mass is 16.5. The first-order chi connectivity index (χ1) is 12.9. The highest BCUT2D eigenvalue weighted by Crippen LogP contribution is 2.49. The Morgan fingerprint density at radius 3 is 2.70 bits per heavy atom. The molecule has 2 bridgehead atoms. The van der Waals surface area contributed by atoms with Gasteiger partial charge in [0.05, 0.1) is 11.4 Å². The Balaban J connectivity index is 1.41. The number of esters is 1.